The van der Waals surface area contributed by atoms with Gasteiger partial charge in [-0.05, 0) is 25.5 Å². The number of hydrogen-bond acceptors (Lipinski definition) is 5. The highest BCUT2D eigenvalue weighted by atomic mass is 32.2. The average molecular weight is 296 g/mol. The van der Waals surface area contributed by atoms with E-state index in [0.29, 0.717) is 13.0 Å². The number of aliphatic hydroxyl groups excluding tert-OH is 1. The van der Waals surface area contributed by atoms with Crippen LogP contribution in [0.1, 0.15) is 12.1 Å². The monoisotopic (exact) mass is 296 g/mol. The minimum absolute atomic E-state index is 0.0351. The van der Waals surface area contributed by atoms with Gasteiger partial charge in [0, 0.05) is 25.0 Å². The van der Waals surface area contributed by atoms with Crippen LogP contribution in [0.3, 0.4) is 0 Å². The maximum absolute atomic E-state index is 12.1. The Balaban J connectivity index is 2.16. The van der Waals surface area contributed by atoms with Crippen LogP contribution in [0.25, 0.3) is 0 Å². The Bertz CT molecular complexity index is 682. The molecule has 0 aliphatic carbocycles. The largest absolute Gasteiger partial charge is 0.396 e. The van der Waals surface area contributed by atoms with Crippen LogP contribution in [0.4, 0.5) is 5.82 Å². The lowest BCUT2D eigenvalue weighted by Crippen LogP contribution is -2.13. The third-order valence-corrected chi connectivity index (χ3v) is 3.90. The van der Waals surface area contributed by atoms with E-state index >= 15 is 0 Å². The van der Waals surface area contributed by atoms with Crippen LogP contribution in [0.5, 0.6) is 0 Å². The number of nitrogens with zero attached hydrogens (tertiary/aromatic N) is 3. The molecule has 0 atom stereocenters. The van der Waals surface area contributed by atoms with E-state index in [1.54, 1.807) is 25.1 Å². The van der Waals surface area contributed by atoms with Gasteiger partial charge >= 0.3 is 0 Å². The fourth-order valence-corrected chi connectivity index (χ4v) is 2.59. The minimum Gasteiger partial charge on any atom is -0.396 e. The van der Waals surface area contributed by atoms with Crippen molar-refractivity contribution in [3.63, 3.8) is 0 Å². The highest BCUT2D eigenvalue weighted by Gasteiger charge is 2.17. The number of sulfonamides is 1. The number of aromatic nitrogens is 3. The van der Waals surface area contributed by atoms with Crippen LogP contribution in [0.2, 0.25) is 0 Å². The summed E-state index contributed by atoms with van der Waals surface area (Å²) in [4.78, 5) is 4.16. The predicted octanol–water partition coefficient (Wildman–Crippen LogP) is 0.770. The average Bonchev–Trinajstić information content (AvgIpc) is 2.85. The molecule has 0 fully saturated rings. The molecule has 0 aromatic carbocycles. The number of anilines is 1. The number of aryl methyl sites for hydroxylation is 2. The Hall–Kier alpha value is -1.93. The minimum atomic E-state index is -3.69. The summed E-state index contributed by atoms with van der Waals surface area (Å²) >= 11 is 0. The quantitative estimate of drug-likeness (QED) is 0.820. The van der Waals surface area contributed by atoms with Crippen LogP contribution < -0.4 is 4.72 Å². The first-order valence-electron chi connectivity index (χ1n) is 6.11. The second-order valence-electron chi connectivity index (χ2n) is 4.29. The summed E-state index contributed by atoms with van der Waals surface area (Å²) in [5.74, 6) is 0.271. The van der Waals surface area contributed by atoms with Crippen molar-refractivity contribution in [3.05, 3.63) is 36.3 Å². The third kappa shape index (κ3) is 3.55. The van der Waals surface area contributed by atoms with Crippen LogP contribution in [0, 0.1) is 6.92 Å². The zero-order valence-electron chi connectivity index (χ0n) is 11.0. The Labute approximate surface area is 117 Å². The predicted molar refractivity (Wildman–Crippen MR) is 73.7 cm³/mol. The molecule has 2 rings (SSSR count). The van der Waals surface area contributed by atoms with Crippen LogP contribution >= 0.6 is 0 Å². The Morgan fingerprint density at radius 2 is 2.20 bits per heavy atom. The van der Waals surface area contributed by atoms with Gasteiger partial charge in [0.1, 0.15) is 10.7 Å². The Kier molecular flexibility index (Phi) is 4.35. The van der Waals surface area contributed by atoms with E-state index in [1.165, 1.54) is 17.1 Å². The summed E-state index contributed by atoms with van der Waals surface area (Å²) in [5, 5.41) is 12.7. The van der Waals surface area contributed by atoms with E-state index in [1.807, 2.05) is 0 Å². The molecule has 0 amide bonds. The molecule has 0 saturated carbocycles. The number of rotatable bonds is 6. The molecular weight excluding hydrogens is 280 g/mol. The van der Waals surface area contributed by atoms with E-state index < -0.39 is 10.0 Å². The van der Waals surface area contributed by atoms with Crippen LogP contribution in [-0.4, -0.2) is 34.9 Å². The molecule has 7 nitrogen and oxygen atoms in total. The molecule has 0 spiro atoms. The second kappa shape index (κ2) is 6.02. The van der Waals surface area contributed by atoms with Gasteiger partial charge in [0.25, 0.3) is 10.0 Å². The van der Waals surface area contributed by atoms with Gasteiger partial charge in [-0.1, -0.05) is 6.07 Å². The number of aliphatic hydroxyl groups is 1. The lowest BCUT2D eigenvalue weighted by Gasteiger charge is -2.05. The second-order valence-corrected chi connectivity index (χ2v) is 5.97. The highest BCUT2D eigenvalue weighted by Crippen LogP contribution is 2.13. The lowest BCUT2D eigenvalue weighted by molar-refractivity contribution is 0.277. The first-order chi connectivity index (χ1) is 9.51. The molecule has 108 valence electrons. The van der Waals surface area contributed by atoms with E-state index in [-0.39, 0.29) is 17.3 Å². The molecule has 0 saturated heterocycles. The normalized spacial score (nSPS) is 11.5. The lowest BCUT2D eigenvalue weighted by atomic mass is 10.4. The van der Waals surface area contributed by atoms with Gasteiger partial charge in [0.15, 0.2) is 0 Å². The van der Waals surface area contributed by atoms with E-state index in [2.05, 4.69) is 14.8 Å². The topological polar surface area (TPSA) is 97.1 Å². The van der Waals surface area contributed by atoms with E-state index in [4.69, 9.17) is 5.11 Å². The van der Waals surface area contributed by atoms with Crippen molar-refractivity contribution in [2.75, 3.05) is 11.3 Å². The fraction of sp³-hybridized carbons (Fsp3) is 0.333. The third-order valence-electron chi connectivity index (χ3n) is 2.59. The molecule has 0 aliphatic rings. The summed E-state index contributed by atoms with van der Waals surface area (Å²) in [6, 6.07) is 5.09. The maximum atomic E-state index is 12.1. The first-order valence-corrected chi connectivity index (χ1v) is 7.59. The molecule has 0 radical (unpaired) electrons. The first kappa shape index (κ1) is 14.5. The molecule has 0 aliphatic heterocycles. The van der Waals surface area contributed by atoms with Gasteiger partial charge in [-0.15, -0.1) is 0 Å². The summed E-state index contributed by atoms with van der Waals surface area (Å²) in [7, 11) is -3.69. The van der Waals surface area contributed by atoms with Gasteiger partial charge < -0.3 is 5.11 Å². The number of pyridine rings is 1. The van der Waals surface area contributed by atoms with Gasteiger partial charge in [0.2, 0.25) is 0 Å². The van der Waals surface area contributed by atoms with Crippen molar-refractivity contribution in [2.45, 2.75) is 24.8 Å². The Morgan fingerprint density at radius 1 is 1.40 bits per heavy atom. The van der Waals surface area contributed by atoms with Gasteiger partial charge in [-0.2, -0.15) is 5.10 Å². The SMILES string of the molecule is Cc1cccc(NS(=O)(=O)c2cnn(CCCO)c2)n1. The van der Waals surface area contributed by atoms with Crippen molar-refractivity contribution in [3.8, 4) is 0 Å². The molecule has 2 aromatic heterocycles. The molecule has 2 heterocycles. The fourth-order valence-electron chi connectivity index (χ4n) is 1.63. The van der Waals surface area contributed by atoms with Crippen molar-refractivity contribution in [1.82, 2.24) is 14.8 Å². The summed E-state index contributed by atoms with van der Waals surface area (Å²) in [6.07, 6.45) is 3.22. The highest BCUT2D eigenvalue weighted by molar-refractivity contribution is 7.92. The maximum Gasteiger partial charge on any atom is 0.266 e. The zero-order valence-corrected chi connectivity index (χ0v) is 11.8. The molecule has 8 heteroatoms. The van der Waals surface area contributed by atoms with Crippen molar-refractivity contribution < 1.29 is 13.5 Å². The molecule has 0 bridgehead atoms. The molecule has 2 aromatic rings. The standard InChI is InChI=1S/C12H16N4O3S/c1-10-4-2-5-12(14-10)15-20(18,19)11-8-13-16(9-11)6-3-7-17/h2,4-5,8-9,17H,3,6-7H2,1H3,(H,14,15). The summed E-state index contributed by atoms with van der Waals surface area (Å²) in [6.45, 7) is 2.28. The van der Waals surface area contributed by atoms with E-state index in [9.17, 15) is 8.42 Å². The van der Waals surface area contributed by atoms with Crippen LogP contribution in [0.15, 0.2) is 35.5 Å². The summed E-state index contributed by atoms with van der Waals surface area (Å²) < 4.78 is 28.2. The number of hydrogen-bond donors (Lipinski definition) is 2. The van der Waals surface area contributed by atoms with Crippen molar-refractivity contribution >= 4 is 15.8 Å². The zero-order chi connectivity index (χ0) is 14.6. The van der Waals surface area contributed by atoms with Gasteiger partial charge in [-0.3, -0.25) is 9.40 Å². The molecule has 20 heavy (non-hydrogen) atoms. The number of nitrogens with one attached hydrogen (secondary N) is 1. The van der Waals surface area contributed by atoms with Gasteiger partial charge in [0.05, 0.1) is 6.20 Å². The van der Waals surface area contributed by atoms with Crippen molar-refractivity contribution in [2.24, 2.45) is 0 Å². The molecule has 0 unspecified atom stereocenters. The summed E-state index contributed by atoms with van der Waals surface area (Å²) in [5.41, 5.74) is 0.726. The smallest absolute Gasteiger partial charge is 0.266 e. The Morgan fingerprint density at radius 3 is 2.90 bits per heavy atom. The molecular formula is C12H16N4O3S. The molecule has 2 N–H and O–H groups in total. The van der Waals surface area contributed by atoms with Crippen LogP contribution in [-0.2, 0) is 16.6 Å². The van der Waals surface area contributed by atoms with E-state index in [0.717, 1.165) is 5.69 Å². The van der Waals surface area contributed by atoms with Crippen molar-refractivity contribution in [1.29, 1.82) is 0 Å². The van der Waals surface area contributed by atoms with Gasteiger partial charge in [-0.25, -0.2) is 13.4 Å².